The Morgan fingerprint density at radius 2 is 1.91 bits per heavy atom. The first-order chi connectivity index (χ1) is 10.9. The maximum absolute atomic E-state index is 5.85. The number of rotatable bonds is 3. The quantitative estimate of drug-likeness (QED) is 0.576. The average molecular weight is 290 g/mol. The number of nitrogens with zero attached hydrogens (tertiary/aromatic N) is 4. The highest BCUT2D eigenvalue weighted by molar-refractivity contribution is 5.94. The van der Waals surface area contributed by atoms with E-state index in [2.05, 4.69) is 45.0 Å². The van der Waals surface area contributed by atoms with Gasteiger partial charge in [-0.15, -0.1) is 10.2 Å². The van der Waals surface area contributed by atoms with E-state index in [1.807, 2.05) is 24.3 Å². The van der Waals surface area contributed by atoms with Crippen LogP contribution in [0.25, 0.3) is 33.8 Å². The van der Waals surface area contributed by atoms with Crippen LogP contribution in [-0.4, -0.2) is 19.7 Å². The van der Waals surface area contributed by atoms with E-state index in [0.29, 0.717) is 11.8 Å². The Hall–Kier alpha value is -2.95. The van der Waals surface area contributed by atoms with Crippen molar-refractivity contribution in [2.75, 3.05) is 0 Å². The summed E-state index contributed by atoms with van der Waals surface area (Å²) >= 11 is 0. The summed E-state index contributed by atoms with van der Waals surface area (Å²) in [6.07, 6.45) is 5.49. The van der Waals surface area contributed by atoms with E-state index < -0.39 is 0 Å². The van der Waals surface area contributed by atoms with Crippen molar-refractivity contribution in [3.05, 3.63) is 55.0 Å². The van der Waals surface area contributed by atoms with Crippen molar-refractivity contribution in [3.8, 4) is 22.9 Å². The molecular weight excluding hydrogens is 276 g/mol. The monoisotopic (exact) mass is 290 g/mol. The summed E-state index contributed by atoms with van der Waals surface area (Å²) in [4.78, 5) is 4.08. The second kappa shape index (κ2) is 5.11. The fraction of sp³-hybridized carbons (Fsp3) is 0.118. The molecule has 0 N–H and O–H groups in total. The molecule has 0 unspecified atom stereocenters. The predicted molar refractivity (Wildman–Crippen MR) is 84.1 cm³/mol. The number of hydrogen-bond donors (Lipinski definition) is 0. The second-order valence-electron chi connectivity index (χ2n) is 5.00. The summed E-state index contributed by atoms with van der Waals surface area (Å²) in [6.45, 7) is 3.01. The normalized spacial score (nSPS) is 11.1. The van der Waals surface area contributed by atoms with Crippen molar-refractivity contribution in [3.63, 3.8) is 0 Å². The van der Waals surface area contributed by atoms with Crippen LogP contribution >= 0.6 is 0 Å². The molecule has 0 spiro atoms. The maximum Gasteiger partial charge on any atom is 0.250 e. The standard InChI is InChI=1S/C17H14N4O/c1-2-21-11-14(13-7-3-4-8-15(13)21)17-20-19-16(22-17)12-6-5-9-18-10-12/h3-11H,2H2,1H3. The highest BCUT2D eigenvalue weighted by Gasteiger charge is 2.16. The largest absolute Gasteiger partial charge is 0.416 e. The zero-order valence-electron chi connectivity index (χ0n) is 12.1. The van der Waals surface area contributed by atoms with E-state index in [9.17, 15) is 0 Å². The summed E-state index contributed by atoms with van der Waals surface area (Å²) in [7, 11) is 0. The molecule has 3 heterocycles. The molecule has 0 saturated carbocycles. The Balaban J connectivity index is 1.85. The van der Waals surface area contributed by atoms with Gasteiger partial charge < -0.3 is 8.98 Å². The minimum Gasteiger partial charge on any atom is -0.416 e. The molecule has 22 heavy (non-hydrogen) atoms. The lowest BCUT2D eigenvalue weighted by molar-refractivity contribution is 0.584. The van der Waals surface area contributed by atoms with E-state index in [0.717, 1.165) is 23.1 Å². The lowest BCUT2D eigenvalue weighted by atomic mass is 10.2. The highest BCUT2D eigenvalue weighted by Crippen LogP contribution is 2.31. The number of aryl methyl sites for hydroxylation is 1. The van der Waals surface area contributed by atoms with Crippen LogP contribution in [0.15, 0.2) is 59.4 Å². The molecule has 0 aliphatic heterocycles. The minimum atomic E-state index is 0.483. The molecule has 5 nitrogen and oxygen atoms in total. The molecule has 3 aromatic heterocycles. The Labute approximate surface area is 127 Å². The summed E-state index contributed by atoms with van der Waals surface area (Å²) in [5, 5.41) is 9.46. The van der Waals surface area contributed by atoms with Gasteiger partial charge in [-0.3, -0.25) is 4.98 Å². The van der Waals surface area contributed by atoms with Crippen LogP contribution in [0.3, 0.4) is 0 Å². The highest BCUT2D eigenvalue weighted by atomic mass is 16.4. The molecule has 0 saturated heterocycles. The van der Waals surface area contributed by atoms with Crippen LogP contribution in [0.5, 0.6) is 0 Å². The fourth-order valence-electron chi connectivity index (χ4n) is 2.62. The van der Waals surface area contributed by atoms with Crippen molar-refractivity contribution in [1.82, 2.24) is 19.7 Å². The van der Waals surface area contributed by atoms with Gasteiger partial charge in [-0.2, -0.15) is 0 Å². The Kier molecular flexibility index (Phi) is 2.96. The smallest absolute Gasteiger partial charge is 0.250 e. The number of fused-ring (bicyclic) bond motifs is 1. The van der Waals surface area contributed by atoms with Crippen LogP contribution in [0.1, 0.15) is 6.92 Å². The molecule has 5 heteroatoms. The first kappa shape index (κ1) is 12.8. The number of para-hydroxylation sites is 1. The first-order valence-electron chi connectivity index (χ1n) is 7.19. The van der Waals surface area contributed by atoms with Gasteiger partial charge >= 0.3 is 0 Å². The molecule has 1 aromatic carbocycles. The van der Waals surface area contributed by atoms with Gasteiger partial charge in [-0.1, -0.05) is 18.2 Å². The lowest BCUT2D eigenvalue weighted by Crippen LogP contribution is -1.89. The molecule has 0 bridgehead atoms. The summed E-state index contributed by atoms with van der Waals surface area (Å²) in [6, 6.07) is 12.0. The number of benzene rings is 1. The Morgan fingerprint density at radius 3 is 2.73 bits per heavy atom. The molecule has 0 aliphatic rings. The Morgan fingerprint density at radius 1 is 1.05 bits per heavy atom. The van der Waals surface area contributed by atoms with Gasteiger partial charge in [0, 0.05) is 36.0 Å². The van der Waals surface area contributed by atoms with Crippen LogP contribution in [0.4, 0.5) is 0 Å². The van der Waals surface area contributed by atoms with Crippen molar-refractivity contribution < 1.29 is 4.42 Å². The van der Waals surface area contributed by atoms with Crippen molar-refractivity contribution in [1.29, 1.82) is 0 Å². The number of pyridine rings is 1. The van der Waals surface area contributed by atoms with Gasteiger partial charge in [-0.25, -0.2) is 0 Å². The van der Waals surface area contributed by atoms with E-state index in [1.165, 1.54) is 5.52 Å². The van der Waals surface area contributed by atoms with Crippen LogP contribution in [0.2, 0.25) is 0 Å². The fourth-order valence-corrected chi connectivity index (χ4v) is 2.62. The molecule has 0 radical (unpaired) electrons. The van der Waals surface area contributed by atoms with Crippen molar-refractivity contribution >= 4 is 10.9 Å². The zero-order valence-corrected chi connectivity index (χ0v) is 12.1. The van der Waals surface area contributed by atoms with Gasteiger partial charge in [0.15, 0.2) is 0 Å². The van der Waals surface area contributed by atoms with Gasteiger partial charge in [0.1, 0.15) is 0 Å². The first-order valence-corrected chi connectivity index (χ1v) is 7.19. The van der Waals surface area contributed by atoms with Crippen molar-refractivity contribution in [2.45, 2.75) is 13.5 Å². The van der Waals surface area contributed by atoms with E-state index in [-0.39, 0.29) is 0 Å². The number of hydrogen-bond acceptors (Lipinski definition) is 4. The average Bonchev–Trinajstić information content (AvgIpc) is 3.20. The maximum atomic E-state index is 5.85. The molecule has 108 valence electrons. The Bertz CT molecular complexity index is 924. The molecule has 4 rings (SSSR count). The summed E-state index contributed by atoms with van der Waals surface area (Å²) in [5.41, 5.74) is 2.95. The van der Waals surface area contributed by atoms with Crippen LogP contribution in [-0.2, 0) is 6.54 Å². The van der Waals surface area contributed by atoms with Gasteiger partial charge in [-0.05, 0) is 25.1 Å². The third kappa shape index (κ3) is 1.98. The van der Waals surface area contributed by atoms with Crippen LogP contribution < -0.4 is 0 Å². The van der Waals surface area contributed by atoms with Gasteiger partial charge in [0.05, 0.1) is 11.1 Å². The summed E-state index contributed by atoms with van der Waals surface area (Å²) < 4.78 is 8.03. The topological polar surface area (TPSA) is 56.7 Å². The summed E-state index contributed by atoms with van der Waals surface area (Å²) in [5.74, 6) is 1.01. The second-order valence-corrected chi connectivity index (χ2v) is 5.00. The van der Waals surface area contributed by atoms with E-state index >= 15 is 0 Å². The van der Waals surface area contributed by atoms with Gasteiger partial charge in [0.25, 0.3) is 0 Å². The van der Waals surface area contributed by atoms with E-state index in [1.54, 1.807) is 12.4 Å². The zero-order chi connectivity index (χ0) is 14.9. The predicted octanol–water partition coefficient (Wildman–Crippen LogP) is 3.77. The molecule has 0 aliphatic carbocycles. The van der Waals surface area contributed by atoms with Gasteiger partial charge in [0.2, 0.25) is 11.8 Å². The third-order valence-electron chi connectivity index (χ3n) is 3.69. The third-order valence-corrected chi connectivity index (χ3v) is 3.69. The van der Waals surface area contributed by atoms with Crippen LogP contribution in [0, 0.1) is 0 Å². The molecule has 0 atom stereocenters. The molecule has 0 amide bonds. The molecule has 0 fully saturated rings. The molecular formula is C17H14N4O. The molecule has 4 aromatic rings. The van der Waals surface area contributed by atoms with E-state index in [4.69, 9.17) is 4.42 Å². The van der Waals surface area contributed by atoms with Crippen molar-refractivity contribution in [2.24, 2.45) is 0 Å². The number of aromatic nitrogens is 4. The lowest BCUT2D eigenvalue weighted by Gasteiger charge is -1.97. The SMILES string of the molecule is CCn1cc(-c2nnc(-c3cccnc3)o2)c2ccccc21. The minimum absolute atomic E-state index is 0.483.